The molecule has 0 bridgehead atoms. The molecule has 1 atom stereocenters. The minimum Gasteiger partial charge on any atom is -0.360 e. The Balaban J connectivity index is 1.70. The smallest absolute Gasteiger partial charge is 0.150 e. The van der Waals surface area contributed by atoms with Gasteiger partial charge in [0, 0.05) is 12.6 Å². The number of hydrogen-bond acceptors (Lipinski definition) is 4. The fourth-order valence-electron chi connectivity index (χ4n) is 2.42. The summed E-state index contributed by atoms with van der Waals surface area (Å²) in [5, 5.41) is 7.43. The SMILES string of the molecule is CCCNCC1CCN(Cc2cc(C)no2)C1. The number of hydrogen-bond donors (Lipinski definition) is 1. The maximum absolute atomic E-state index is 5.25. The fourth-order valence-corrected chi connectivity index (χ4v) is 2.42. The summed E-state index contributed by atoms with van der Waals surface area (Å²) in [5.41, 5.74) is 0.973. The van der Waals surface area contributed by atoms with Crippen molar-refractivity contribution in [2.45, 2.75) is 33.2 Å². The van der Waals surface area contributed by atoms with E-state index in [0.717, 1.165) is 37.0 Å². The highest BCUT2D eigenvalue weighted by atomic mass is 16.5. The summed E-state index contributed by atoms with van der Waals surface area (Å²) in [6.45, 7) is 9.73. The van der Waals surface area contributed by atoms with Crippen LogP contribution in [0.2, 0.25) is 0 Å². The summed E-state index contributed by atoms with van der Waals surface area (Å²) in [4.78, 5) is 2.46. The molecule has 0 amide bonds. The summed E-state index contributed by atoms with van der Waals surface area (Å²) >= 11 is 0. The molecule has 96 valence electrons. The normalized spacial score (nSPS) is 21.2. The molecule has 0 aliphatic carbocycles. The van der Waals surface area contributed by atoms with Crippen molar-refractivity contribution in [3.05, 3.63) is 17.5 Å². The third kappa shape index (κ3) is 3.82. The average molecular weight is 237 g/mol. The molecule has 1 saturated heterocycles. The van der Waals surface area contributed by atoms with Gasteiger partial charge in [0.1, 0.15) is 0 Å². The Labute approximate surface area is 103 Å². The van der Waals surface area contributed by atoms with E-state index in [-0.39, 0.29) is 0 Å². The molecular weight excluding hydrogens is 214 g/mol. The number of likely N-dealkylation sites (tertiary alicyclic amines) is 1. The Hall–Kier alpha value is -0.870. The Morgan fingerprint density at radius 2 is 2.47 bits per heavy atom. The van der Waals surface area contributed by atoms with Gasteiger partial charge in [-0.15, -0.1) is 0 Å². The molecule has 1 fully saturated rings. The highest BCUT2D eigenvalue weighted by Crippen LogP contribution is 2.18. The molecule has 4 heteroatoms. The van der Waals surface area contributed by atoms with Crippen molar-refractivity contribution < 1.29 is 4.52 Å². The molecule has 17 heavy (non-hydrogen) atoms. The topological polar surface area (TPSA) is 41.3 Å². The minimum atomic E-state index is 0.797. The Kier molecular flexibility index (Phi) is 4.57. The molecule has 1 unspecified atom stereocenters. The summed E-state index contributed by atoms with van der Waals surface area (Å²) < 4.78 is 5.25. The molecule has 1 aliphatic rings. The van der Waals surface area contributed by atoms with E-state index in [1.54, 1.807) is 0 Å². The van der Waals surface area contributed by atoms with Crippen molar-refractivity contribution >= 4 is 0 Å². The van der Waals surface area contributed by atoms with Crippen molar-refractivity contribution in [2.75, 3.05) is 26.2 Å². The standard InChI is InChI=1S/C13H23N3O/c1-3-5-14-8-12-4-6-16(9-12)10-13-7-11(2)15-17-13/h7,12,14H,3-6,8-10H2,1-2H3. The summed E-state index contributed by atoms with van der Waals surface area (Å²) in [5.74, 6) is 1.79. The van der Waals surface area contributed by atoms with E-state index in [1.807, 2.05) is 13.0 Å². The molecule has 2 rings (SSSR count). The molecule has 1 N–H and O–H groups in total. The molecule has 0 saturated carbocycles. The van der Waals surface area contributed by atoms with Gasteiger partial charge in [-0.25, -0.2) is 0 Å². The zero-order valence-corrected chi connectivity index (χ0v) is 10.9. The van der Waals surface area contributed by atoms with E-state index in [2.05, 4.69) is 22.3 Å². The van der Waals surface area contributed by atoms with Crippen LogP contribution in [0, 0.1) is 12.8 Å². The third-order valence-electron chi connectivity index (χ3n) is 3.29. The van der Waals surface area contributed by atoms with E-state index in [0.29, 0.717) is 0 Å². The lowest BCUT2D eigenvalue weighted by atomic mass is 10.1. The van der Waals surface area contributed by atoms with E-state index in [1.165, 1.54) is 25.9 Å². The van der Waals surface area contributed by atoms with E-state index < -0.39 is 0 Å². The van der Waals surface area contributed by atoms with Crippen LogP contribution >= 0.6 is 0 Å². The van der Waals surface area contributed by atoms with Crippen LogP contribution in [0.3, 0.4) is 0 Å². The van der Waals surface area contributed by atoms with Crippen LogP contribution in [-0.4, -0.2) is 36.2 Å². The van der Waals surface area contributed by atoms with Gasteiger partial charge in [-0.3, -0.25) is 4.90 Å². The minimum absolute atomic E-state index is 0.797. The van der Waals surface area contributed by atoms with Gasteiger partial charge < -0.3 is 9.84 Å². The molecule has 1 aromatic rings. The van der Waals surface area contributed by atoms with Crippen LogP contribution < -0.4 is 5.32 Å². The third-order valence-corrected chi connectivity index (χ3v) is 3.29. The summed E-state index contributed by atoms with van der Waals surface area (Å²) in [7, 11) is 0. The summed E-state index contributed by atoms with van der Waals surface area (Å²) in [6, 6.07) is 2.03. The Morgan fingerprint density at radius 3 is 3.18 bits per heavy atom. The number of aryl methyl sites for hydroxylation is 1. The lowest BCUT2D eigenvalue weighted by Crippen LogP contribution is -2.26. The first-order chi connectivity index (χ1) is 8.28. The van der Waals surface area contributed by atoms with Crippen LogP contribution in [0.1, 0.15) is 31.2 Å². The monoisotopic (exact) mass is 237 g/mol. The van der Waals surface area contributed by atoms with Crippen LogP contribution in [0.15, 0.2) is 10.6 Å². The molecule has 0 aromatic carbocycles. The predicted molar refractivity (Wildman–Crippen MR) is 67.8 cm³/mol. The van der Waals surface area contributed by atoms with Crippen LogP contribution in [0.25, 0.3) is 0 Å². The predicted octanol–water partition coefficient (Wildman–Crippen LogP) is 1.80. The van der Waals surface area contributed by atoms with Gasteiger partial charge in [-0.05, 0) is 45.3 Å². The van der Waals surface area contributed by atoms with Crippen LogP contribution in [-0.2, 0) is 6.54 Å². The first-order valence-corrected chi connectivity index (χ1v) is 6.63. The summed E-state index contributed by atoms with van der Waals surface area (Å²) in [6.07, 6.45) is 2.51. The van der Waals surface area contributed by atoms with Gasteiger partial charge in [0.15, 0.2) is 5.76 Å². The molecule has 0 radical (unpaired) electrons. The fraction of sp³-hybridized carbons (Fsp3) is 0.769. The highest BCUT2D eigenvalue weighted by Gasteiger charge is 2.22. The zero-order chi connectivity index (χ0) is 12.1. The first-order valence-electron chi connectivity index (χ1n) is 6.63. The highest BCUT2D eigenvalue weighted by molar-refractivity contribution is 5.03. The number of nitrogens with one attached hydrogen (secondary N) is 1. The molecular formula is C13H23N3O. The van der Waals surface area contributed by atoms with E-state index >= 15 is 0 Å². The van der Waals surface area contributed by atoms with Crippen molar-refractivity contribution in [1.82, 2.24) is 15.4 Å². The zero-order valence-electron chi connectivity index (χ0n) is 10.9. The number of nitrogens with zero attached hydrogens (tertiary/aromatic N) is 2. The largest absolute Gasteiger partial charge is 0.360 e. The Morgan fingerprint density at radius 1 is 1.59 bits per heavy atom. The Bertz CT molecular complexity index is 337. The quantitative estimate of drug-likeness (QED) is 0.766. The molecule has 1 aliphatic heterocycles. The lowest BCUT2D eigenvalue weighted by Gasteiger charge is -2.14. The number of aromatic nitrogens is 1. The van der Waals surface area contributed by atoms with Crippen molar-refractivity contribution in [3.63, 3.8) is 0 Å². The second kappa shape index (κ2) is 6.17. The van der Waals surface area contributed by atoms with Crippen molar-refractivity contribution in [1.29, 1.82) is 0 Å². The van der Waals surface area contributed by atoms with Crippen molar-refractivity contribution in [3.8, 4) is 0 Å². The van der Waals surface area contributed by atoms with Gasteiger partial charge in [0.05, 0.1) is 12.2 Å². The first kappa shape index (κ1) is 12.6. The molecule has 0 spiro atoms. The van der Waals surface area contributed by atoms with Gasteiger partial charge in [-0.2, -0.15) is 0 Å². The van der Waals surface area contributed by atoms with Gasteiger partial charge in [0.2, 0.25) is 0 Å². The van der Waals surface area contributed by atoms with E-state index in [4.69, 9.17) is 4.52 Å². The van der Waals surface area contributed by atoms with Crippen LogP contribution in [0.4, 0.5) is 0 Å². The average Bonchev–Trinajstić information content (AvgIpc) is 2.90. The maximum atomic E-state index is 5.25. The number of rotatable bonds is 6. The van der Waals surface area contributed by atoms with Gasteiger partial charge in [-0.1, -0.05) is 12.1 Å². The van der Waals surface area contributed by atoms with Crippen molar-refractivity contribution in [2.24, 2.45) is 5.92 Å². The lowest BCUT2D eigenvalue weighted by molar-refractivity contribution is 0.264. The van der Waals surface area contributed by atoms with E-state index in [9.17, 15) is 0 Å². The second-order valence-corrected chi connectivity index (χ2v) is 5.03. The molecule has 2 heterocycles. The molecule has 1 aromatic heterocycles. The van der Waals surface area contributed by atoms with Gasteiger partial charge >= 0.3 is 0 Å². The second-order valence-electron chi connectivity index (χ2n) is 5.03. The van der Waals surface area contributed by atoms with Gasteiger partial charge in [0.25, 0.3) is 0 Å². The van der Waals surface area contributed by atoms with Crippen LogP contribution in [0.5, 0.6) is 0 Å². The maximum Gasteiger partial charge on any atom is 0.150 e. The molecule has 4 nitrogen and oxygen atoms in total.